The van der Waals surface area contributed by atoms with Crippen LogP contribution in [0.4, 0.5) is 11.6 Å². The maximum atomic E-state index is 9.64. The lowest BCUT2D eigenvalue weighted by molar-refractivity contribution is 0.141. The van der Waals surface area contributed by atoms with Crippen LogP contribution in [0.1, 0.15) is 25.0 Å². The number of pyridine rings is 2. The summed E-state index contributed by atoms with van der Waals surface area (Å²) in [5.41, 5.74) is 3.34. The first kappa shape index (κ1) is 15.4. The Labute approximate surface area is 143 Å². The largest absolute Gasteiger partial charge is 0.389 e. The second-order valence-corrected chi connectivity index (χ2v) is 6.82. The molecule has 0 bridgehead atoms. The molecule has 4 heterocycles. The van der Waals surface area contributed by atoms with Gasteiger partial charge >= 0.3 is 0 Å². The lowest BCUT2D eigenvalue weighted by Crippen LogP contribution is -2.51. The number of rotatable bonds is 3. The van der Waals surface area contributed by atoms with E-state index in [1.165, 1.54) is 19.3 Å². The number of hydrogen-bond acceptors (Lipinski definition) is 5. The zero-order chi connectivity index (χ0) is 16.5. The summed E-state index contributed by atoms with van der Waals surface area (Å²) in [5, 5.41) is 9.64. The van der Waals surface area contributed by atoms with E-state index in [2.05, 4.69) is 33.0 Å². The predicted octanol–water partition coefficient (Wildman–Crippen LogP) is 2.62. The average molecular weight is 324 g/mol. The maximum absolute atomic E-state index is 9.64. The van der Waals surface area contributed by atoms with E-state index in [9.17, 15) is 5.11 Å². The molecule has 2 aliphatic heterocycles. The third-order valence-corrected chi connectivity index (χ3v) is 4.98. The van der Waals surface area contributed by atoms with Gasteiger partial charge in [-0.1, -0.05) is 6.07 Å². The van der Waals surface area contributed by atoms with E-state index in [0.717, 1.165) is 41.5 Å². The van der Waals surface area contributed by atoms with Crippen molar-refractivity contribution in [3.63, 3.8) is 0 Å². The van der Waals surface area contributed by atoms with Crippen LogP contribution >= 0.6 is 0 Å². The van der Waals surface area contributed by atoms with Crippen LogP contribution in [0.15, 0.2) is 30.5 Å². The lowest BCUT2D eigenvalue weighted by Gasteiger charge is -2.38. The fourth-order valence-corrected chi connectivity index (χ4v) is 3.54. The summed E-state index contributed by atoms with van der Waals surface area (Å²) in [6, 6.07) is 8.42. The van der Waals surface area contributed by atoms with Crippen molar-refractivity contribution in [3.8, 4) is 11.1 Å². The van der Waals surface area contributed by atoms with Crippen molar-refractivity contribution >= 4 is 11.6 Å². The van der Waals surface area contributed by atoms with Crippen LogP contribution < -0.4 is 9.80 Å². The smallest absolute Gasteiger partial charge is 0.131 e. The number of nitrogens with zero attached hydrogens (tertiary/aromatic N) is 4. The first-order valence-electron chi connectivity index (χ1n) is 8.83. The monoisotopic (exact) mass is 324 g/mol. The molecular formula is C19H24N4O. The fourth-order valence-electron chi connectivity index (χ4n) is 3.54. The summed E-state index contributed by atoms with van der Waals surface area (Å²) < 4.78 is 0. The molecule has 0 atom stereocenters. The maximum Gasteiger partial charge on any atom is 0.131 e. The Bertz CT molecular complexity index is 721. The van der Waals surface area contributed by atoms with Crippen molar-refractivity contribution < 1.29 is 5.11 Å². The fraction of sp³-hybridized carbons (Fsp3) is 0.474. The highest BCUT2D eigenvalue weighted by Crippen LogP contribution is 2.32. The second-order valence-electron chi connectivity index (χ2n) is 6.82. The lowest BCUT2D eigenvalue weighted by atomic mass is 10.0. The number of aryl methyl sites for hydroxylation is 1. The van der Waals surface area contributed by atoms with E-state index in [4.69, 9.17) is 4.98 Å². The number of β-amino-alcohol motifs (C(OH)–C–C–N with tert-alkyl or cyclic N) is 1. The Morgan fingerprint density at radius 3 is 2.42 bits per heavy atom. The first-order chi connectivity index (χ1) is 11.7. The molecule has 24 heavy (non-hydrogen) atoms. The van der Waals surface area contributed by atoms with Gasteiger partial charge < -0.3 is 14.9 Å². The van der Waals surface area contributed by atoms with Crippen molar-refractivity contribution in [2.45, 2.75) is 32.3 Å². The molecule has 2 aliphatic rings. The quantitative estimate of drug-likeness (QED) is 0.940. The average Bonchev–Trinajstić information content (AvgIpc) is 2.60. The van der Waals surface area contributed by atoms with Crippen LogP contribution in [0.2, 0.25) is 0 Å². The second kappa shape index (κ2) is 6.40. The van der Waals surface area contributed by atoms with Crippen molar-refractivity contribution in [1.29, 1.82) is 0 Å². The number of aliphatic hydroxyl groups excluding tert-OH is 1. The molecule has 126 valence electrons. The summed E-state index contributed by atoms with van der Waals surface area (Å²) in [5.74, 6) is 2.01. The predicted molar refractivity (Wildman–Crippen MR) is 96.5 cm³/mol. The number of anilines is 2. The van der Waals surface area contributed by atoms with Gasteiger partial charge in [-0.15, -0.1) is 0 Å². The van der Waals surface area contributed by atoms with Gasteiger partial charge in [-0.25, -0.2) is 4.98 Å². The summed E-state index contributed by atoms with van der Waals surface area (Å²) in [6.07, 6.45) is 5.38. The van der Waals surface area contributed by atoms with Gasteiger partial charge in [-0.3, -0.25) is 4.98 Å². The first-order valence-corrected chi connectivity index (χ1v) is 8.83. The Hall–Kier alpha value is -2.14. The highest BCUT2D eigenvalue weighted by molar-refractivity contribution is 5.72. The van der Waals surface area contributed by atoms with E-state index in [1.807, 2.05) is 19.2 Å². The van der Waals surface area contributed by atoms with Crippen LogP contribution in [0, 0.1) is 6.92 Å². The van der Waals surface area contributed by atoms with Gasteiger partial charge in [0.1, 0.15) is 11.6 Å². The molecule has 0 amide bonds. The minimum absolute atomic E-state index is 0.228. The molecule has 0 aliphatic carbocycles. The number of aromatic nitrogens is 2. The summed E-state index contributed by atoms with van der Waals surface area (Å²) in [7, 11) is 0. The Kier molecular flexibility index (Phi) is 4.10. The van der Waals surface area contributed by atoms with E-state index >= 15 is 0 Å². The summed E-state index contributed by atoms with van der Waals surface area (Å²) in [6.45, 7) is 5.53. The van der Waals surface area contributed by atoms with Gasteiger partial charge in [0, 0.05) is 43.6 Å². The van der Waals surface area contributed by atoms with E-state index in [0.29, 0.717) is 13.1 Å². The molecule has 2 aromatic heterocycles. The van der Waals surface area contributed by atoms with Gasteiger partial charge in [0.2, 0.25) is 0 Å². The van der Waals surface area contributed by atoms with Crippen LogP contribution in [0.3, 0.4) is 0 Å². The molecule has 0 unspecified atom stereocenters. The molecule has 1 N–H and O–H groups in total. The SMILES string of the molecule is Cc1ncccc1-c1cc(N2CCCCC2)nc(N2CC(O)C2)c1. The minimum atomic E-state index is -0.228. The standard InChI is InChI=1S/C19H24N4O/c1-14-17(6-5-7-20-14)15-10-18(22-8-3-2-4-9-22)21-19(11-15)23-12-16(24)13-23/h5-7,10-11,16,24H,2-4,8-9,12-13H2,1H3. The zero-order valence-electron chi connectivity index (χ0n) is 14.1. The molecule has 4 rings (SSSR count). The Balaban J connectivity index is 1.74. The van der Waals surface area contributed by atoms with E-state index in [1.54, 1.807) is 0 Å². The number of hydrogen-bond donors (Lipinski definition) is 1. The number of piperidine rings is 1. The topological polar surface area (TPSA) is 52.5 Å². The molecule has 2 saturated heterocycles. The van der Waals surface area contributed by atoms with E-state index < -0.39 is 0 Å². The Morgan fingerprint density at radius 2 is 1.75 bits per heavy atom. The zero-order valence-corrected chi connectivity index (χ0v) is 14.1. The van der Waals surface area contributed by atoms with Crippen LogP contribution in [0.25, 0.3) is 11.1 Å². The normalized spacial score (nSPS) is 18.6. The summed E-state index contributed by atoms with van der Waals surface area (Å²) in [4.78, 5) is 13.9. The molecule has 0 spiro atoms. The van der Waals surface area contributed by atoms with Gasteiger partial charge in [-0.05, 0) is 49.9 Å². The van der Waals surface area contributed by atoms with Crippen LogP contribution in [0.5, 0.6) is 0 Å². The summed E-state index contributed by atoms with van der Waals surface area (Å²) >= 11 is 0. The van der Waals surface area contributed by atoms with Crippen molar-refractivity contribution in [1.82, 2.24) is 9.97 Å². The molecule has 2 fully saturated rings. The Morgan fingerprint density at radius 1 is 1.04 bits per heavy atom. The van der Waals surface area contributed by atoms with Crippen molar-refractivity contribution in [2.75, 3.05) is 36.0 Å². The molecule has 5 nitrogen and oxygen atoms in total. The van der Waals surface area contributed by atoms with Gasteiger partial charge in [0.25, 0.3) is 0 Å². The molecule has 0 aromatic carbocycles. The molecular weight excluding hydrogens is 300 g/mol. The van der Waals surface area contributed by atoms with E-state index in [-0.39, 0.29) is 6.10 Å². The molecule has 0 radical (unpaired) electrons. The van der Waals surface area contributed by atoms with Gasteiger partial charge in [-0.2, -0.15) is 0 Å². The van der Waals surface area contributed by atoms with Crippen molar-refractivity contribution in [3.05, 3.63) is 36.2 Å². The highest BCUT2D eigenvalue weighted by atomic mass is 16.3. The van der Waals surface area contributed by atoms with Gasteiger partial charge in [0.15, 0.2) is 0 Å². The molecule has 2 aromatic rings. The van der Waals surface area contributed by atoms with Crippen LogP contribution in [-0.2, 0) is 0 Å². The third-order valence-electron chi connectivity index (χ3n) is 4.98. The molecule has 5 heteroatoms. The third kappa shape index (κ3) is 2.96. The number of aliphatic hydroxyl groups is 1. The van der Waals surface area contributed by atoms with Crippen molar-refractivity contribution in [2.24, 2.45) is 0 Å². The molecule has 0 saturated carbocycles. The van der Waals surface area contributed by atoms with Gasteiger partial charge in [0.05, 0.1) is 6.10 Å². The minimum Gasteiger partial charge on any atom is -0.389 e. The van der Waals surface area contributed by atoms with Crippen LogP contribution in [-0.4, -0.2) is 47.4 Å². The highest BCUT2D eigenvalue weighted by Gasteiger charge is 2.27.